The first-order valence-corrected chi connectivity index (χ1v) is 5.95. The van der Waals surface area contributed by atoms with Gasteiger partial charge in [-0.15, -0.1) is 0 Å². The van der Waals surface area contributed by atoms with E-state index in [4.69, 9.17) is 0 Å². The summed E-state index contributed by atoms with van der Waals surface area (Å²) in [6.45, 7) is 0.708. The monoisotopic (exact) mass is 274 g/mol. The van der Waals surface area contributed by atoms with Crippen LogP contribution < -0.4 is 4.57 Å². The van der Waals surface area contributed by atoms with Crippen LogP contribution in [0.1, 0.15) is 6.92 Å². The minimum Gasteiger partial charge on any atom is -0.743 e. The lowest BCUT2D eigenvalue weighted by Gasteiger charge is -2.15. The van der Waals surface area contributed by atoms with Gasteiger partial charge < -0.3 is 4.55 Å². The van der Waals surface area contributed by atoms with Crippen LogP contribution >= 0.6 is 0 Å². The predicted octanol–water partition coefficient (Wildman–Crippen LogP) is 0.426. The van der Waals surface area contributed by atoms with Crippen LogP contribution in [0.3, 0.4) is 0 Å². The molecule has 100 valence electrons. The smallest absolute Gasteiger partial charge is 0.362 e. The molecule has 17 heavy (non-hydrogen) atoms. The van der Waals surface area contributed by atoms with Crippen LogP contribution in [0.5, 0.6) is 0 Å². The SMILES string of the molecule is CCn1cc[n+](C)c1.O=S(=O)([O-])C(F)(F)CF. The minimum absolute atomic E-state index is 1.06. The Kier molecular flexibility index (Phi) is 5.62. The van der Waals surface area contributed by atoms with Crippen molar-refractivity contribution in [1.82, 2.24) is 4.57 Å². The van der Waals surface area contributed by atoms with Crippen molar-refractivity contribution >= 4 is 10.1 Å². The third-order valence-electron chi connectivity index (χ3n) is 1.71. The zero-order valence-electron chi connectivity index (χ0n) is 9.31. The van der Waals surface area contributed by atoms with Crippen molar-refractivity contribution < 1.29 is 30.7 Å². The van der Waals surface area contributed by atoms with Crippen molar-refractivity contribution in [2.75, 3.05) is 6.67 Å². The summed E-state index contributed by atoms with van der Waals surface area (Å²) in [5, 5.41) is -4.77. The Labute approximate surface area is 97.2 Å². The fourth-order valence-corrected chi connectivity index (χ4v) is 0.889. The molecule has 0 radical (unpaired) electrons. The van der Waals surface area contributed by atoms with E-state index in [1.807, 2.05) is 17.8 Å². The molecule has 1 aromatic rings. The van der Waals surface area contributed by atoms with Gasteiger partial charge in [-0.2, -0.15) is 8.78 Å². The third kappa shape index (κ3) is 5.18. The Bertz CT molecular complexity index is 445. The van der Waals surface area contributed by atoms with Crippen LogP contribution in [-0.2, 0) is 23.7 Å². The predicted molar refractivity (Wildman–Crippen MR) is 51.9 cm³/mol. The molecule has 0 saturated heterocycles. The summed E-state index contributed by atoms with van der Waals surface area (Å²) in [5.41, 5.74) is 0. The zero-order chi connectivity index (χ0) is 13.7. The minimum atomic E-state index is -5.81. The fraction of sp³-hybridized carbons (Fsp3) is 0.625. The molecule has 0 aliphatic rings. The number of hydrogen-bond donors (Lipinski definition) is 0. The quantitative estimate of drug-likeness (QED) is 0.593. The molecule has 0 saturated carbocycles. The molecule has 1 rings (SSSR count). The molecule has 0 N–H and O–H groups in total. The van der Waals surface area contributed by atoms with Gasteiger partial charge in [-0.05, 0) is 6.92 Å². The second-order valence-corrected chi connectivity index (χ2v) is 4.64. The van der Waals surface area contributed by atoms with Crippen molar-refractivity contribution in [2.24, 2.45) is 7.05 Å². The van der Waals surface area contributed by atoms with Crippen molar-refractivity contribution in [2.45, 2.75) is 18.7 Å². The summed E-state index contributed by atoms with van der Waals surface area (Å²) in [6, 6.07) is 0. The van der Waals surface area contributed by atoms with Crippen LogP contribution in [0, 0.1) is 0 Å². The summed E-state index contributed by atoms with van der Waals surface area (Å²) in [7, 11) is -3.79. The Morgan fingerprint density at radius 3 is 2.12 bits per heavy atom. The molecule has 0 spiro atoms. The Morgan fingerprint density at radius 2 is 2.00 bits per heavy atom. The van der Waals surface area contributed by atoms with E-state index in [-0.39, 0.29) is 0 Å². The van der Waals surface area contributed by atoms with E-state index in [9.17, 15) is 26.1 Å². The van der Waals surface area contributed by atoms with Gasteiger partial charge in [-0.3, -0.25) is 0 Å². The summed E-state index contributed by atoms with van der Waals surface area (Å²) in [4.78, 5) is 0. The van der Waals surface area contributed by atoms with Gasteiger partial charge in [0.05, 0.1) is 13.6 Å². The second kappa shape index (κ2) is 6.01. The lowest BCUT2D eigenvalue weighted by Crippen LogP contribution is -2.30. The van der Waals surface area contributed by atoms with Gasteiger partial charge in [0.15, 0.2) is 16.8 Å². The summed E-state index contributed by atoms with van der Waals surface area (Å²) < 4.78 is 65.9. The molecular weight excluding hydrogens is 261 g/mol. The van der Waals surface area contributed by atoms with Gasteiger partial charge in [-0.1, -0.05) is 0 Å². The van der Waals surface area contributed by atoms with Gasteiger partial charge >= 0.3 is 5.25 Å². The van der Waals surface area contributed by atoms with Crippen LogP contribution in [0.2, 0.25) is 0 Å². The van der Waals surface area contributed by atoms with E-state index in [1.54, 1.807) is 0 Å². The molecule has 0 aromatic carbocycles. The molecule has 1 aromatic heterocycles. The van der Waals surface area contributed by atoms with Crippen LogP contribution in [0.4, 0.5) is 13.2 Å². The van der Waals surface area contributed by atoms with E-state index in [1.165, 1.54) is 0 Å². The second-order valence-electron chi connectivity index (χ2n) is 3.13. The van der Waals surface area contributed by atoms with Crippen LogP contribution in [-0.4, -0.2) is 29.5 Å². The number of aryl methyl sites for hydroxylation is 2. The Morgan fingerprint density at radius 1 is 1.47 bits per heavy atom. The topological polar surface area (TPSA) is 66.0 Å². The lowest BCUT2D eigenvalue weighted by atomic mass is 10.7. The highest BCUT2D eigenvalue weighted by Gasteiger charge is 2.37. The number of alkyl halides is 3. The molecule has 0 atom stereocenters. The molecule has 0 fully saturated rings. The normalized spacial score (nSPS) is 11.9. The zero-order valence-corrected chi connectivity index (χ0v) is 10.1. The maximum Gasteiger partial charge on any atom is 0.362 e. The van der Waals surface area contributed by atoms with E-state index < -0.39 is 22.0 Å². The molecule has 5 nitrogen and oxygen atoms in total. The summed E-state index contributed by atoms with van der Waals surface area (Å²) in [5.74, 6) is 0. The van der Waals surface area contributed by atoms with Crippen molar-refractivity contribution in [1.29, 1.82) is 0 Å². The molecule has 9 heteroatoms. The molecule has 1 heterocycles. The van der Waals surface area contributed by atoms with Crippen LogP contribution in [0.25, 0.3) is 0 Å². The van der Waals surface area contributed by atoms with Crippen LogP contribution in [0.15, 0.2) is 18.7 Å². The molecule has 0 bridgehead atoms. The number of nitrogens with zero attached hydrogens (tertiary/aromatic N) is 2. The third-order valence-corrected chi connectivity index (χ3v) is 2.55. The van der Waals surface area contributed by atoms with E-state index in [0.29, 0.717) is 0 Å². The molecular formula is C8H13F3N2O3S. The molecule has 0 amide bonds. The highest BCUT2D eigenvalue weighted by atomic mass is 32.2. The molecule has 0 aliphatic heterocycles. The number of aromatic nitrogens is 2. The number of hydrogen-bond acceptors (Lipinski definition) is 3. The van der Waals surface area contributed by atoms with Crippen molar-refractivity contribution in [3.63, 3.8) is 0 Å². The number of imidazole rings is 1. The Balaban J connectivity index is 0.000000302. The van der Waals surface area contributed by atoms with Gasteiger partial charge in [0.1, 0.15) is 12.4 Å². The standard InChI is InChI=1S/C6H11N2.C2H3F3O3S/c1-3-8-5-4-7(2)6-8;3-1-2(4,5)9(6,7)8/h4-6H,3H2,1-2H3;1H2,(H,6,7,8)/q+1;/p-1. The lowest BCUT2D eigenvalue weighted by molar-refractivity contribution is -0.671. The maximum atomic E-state index is 11.4. The first-order chi connectivity index (χ1) is 7.64. The molecule has 0 aliphatic carbocycles. The number of halogens is 3. The summed E-state index contributed by atoms with van der Waals surface area (Å²) in [6.07, 6.45) is 6.14. The van der Waals surface area contributed by atoms with Gasteiger partial charge in [-0.25, -0.2) is 21.9 Å². The highest BCUT2D eigenvalue weighted by molar-refractivity contribution is 7.86. The van der Waals surface area contributed by atoms with E-state index in [0.717, 1.165) is 6.54 Å². The van der Waals surface area contributed by atoms with Crippen molar-refractivity contribution in [3.8, 4) is 0 Å². The number of rotatable bonds is 3. The van der Waals surface area contributed by atoms with E-state index >= 15 is 0 Å². The van der Waals surface area contributed by atoms with Gasteiger partial charge in [0, 0.05) is 0 Å². The first-order valence-electron chi connectivity index (χ1n) is 4.54. The summed E-state index contributed by atoms with van der Waals surface area (Å²) >= 11 is 0. The largest absolute Gasteiger partial charge is 0.743 e. The fourth-order valence-electron chi connectivity index (χ4n) is 0.756. The average Bonchev–Trinajstić information content (AvgIpc) is 2.63. The van der Waals surface area contributed by atoms with E-state index in [2.05, 4.69) is 24.0 Å². The average molecular weight is 274 g/mol. The Hall–Kier alpha value is -1.09. The maximum absolute atomic E-state index is 11.4. The molecule has 0 unspecified atom stereocenters. The first kappa shape index (κ1) is 15.9. The van der Waals surface area contributed by atoms with Gasteiger partial charge in [0.25, 0.3) is 0 Å². The van der Waals surface area contributed by atoms with Crippen molar-refractivity contribution in [3.05, 3.63) is 18.7 Å². The van der Waals surface area contributed by atoms with Gasteiger partial charge in [0.2, 0.25) is 6.33 Å². The highest BCUT2D eigenvalue weighted by Crippen LogP contribution is 2.19.